The summed E-state index contributed by atoms with van der Waals surface area (Å²) in [5.74, 6) is 0.812. The van der Waals surface area contributed by atoms with Crippen molar-refractivity contribution in [3.8, 4) is 5.75 Å². The van der Waals surface area contributed by atoms with Gasteiger partial charge in [-0.05, 0) is 31.2 Å². The van der Waals surface area contributed by atoms with Gasteiger partial charge in [-0.1, -0.05) is 11.6 Å². The topological polar surface area (TPSA) is 9.23 Å². The summed E-state index contributed by atoms with van der Waals surface area (Å²) in [6.45, 7) is 3.46. The van der Waals surface area contributed by atoms with Gasteiger partial charge in [-0.2, -0.15) is 0 Å². The molecule has 0 N–H and O–H groups in total. The van der Waals surface area contributed by atoms with Crippen molar-refractivity contribution in [1.29, 1.82) is 0 Å². The number of hydrogen-bond acceptors (Lipinski definition) is 1. The highest BCUT2D eigenvalue weighted by molar-refractivity contribution is 6.30. The summed E-state index contributed by atoms with van der Waals surface area (Å²) in [4.78, 5) is 0. The molecule has 0 aliphatic heterocycles. The molecule has 0 aliphatic carbocycles. The molecule has 1 aromatic rings. The SMILES string of the molecule is C[CH]Oc1ccc(Cl)cc1. The zero-order chi connectivity index (χ0) is 7.40. The molecular weight excluding hydrogens is 148 g/mol. The van der Waals surface area contributed by atoms with Crippen molar-refractivity contribution < 1.29 is 4.74 Å². The van der Waals surface area contributed by atoms with Gasteiger partial charge in [-0.15, -0.1) is 0 Å². The van der Waals surface area contributed by atoms with Crippen LogP contribution in [0.3, 0.4) is 0 Å². The Kier molecular flexibility index (Phi) is 2.57. The molecule has 0 aromatic heterocycles. The van der Waals surface area contributed by atoms with E-state index in [1.807, 2.05) is 19.1 Å². The summed E-state index contributed by atoms with van der Waals surface area (Å²) in [7, 11) is 0. The van der Waals surface area contributed by atoms with Gasteiger partial charge in [0.15, 0.2) is 0 Å². The Morgan fingerprint density at radius 1 is 1.30 bits per heavy atom. The fourth-order valence-electron chi connectivity index (χ4n) is 0.649. The second kappa shape index (κ2) is 3.47. The average molecular weight is 156 g/mol. The van der Waals surface area contributed by atoms with Crippen LogP contribution in [0.1, 0.15) is 6.92 Å². The van der Waals surface area contributed by atoms with E-state index in [9.17, 15) is 0 Å². The molecule has 0 unspecified atom stereocenters. The Bertz CT molecular complexity index is 193. The predicted molar refractivity (Wildman–Crippen MR) is 42.1 cm³/mol. The van der Waals surface area contributed by atoms with Gasteiger partial charge < -0.3 is 4.74 Å². The van der Waals surface area contributed by atoms with Crippen LogP contribution in [0.4, 0.5) is 0 Å². The molecule has 1 nitrogen and oxygen atoms in total. The van der Waals surface area contributed by atoms with Crippen LogP contribution in [0.2, 0.25) is 5.02 Å². The molecule has 1 radical (unpaired) electrons. The van der Waals surface area contributed by atoms with Crippen LogP contribution in [0.5, 0.6) is 5.75 Å². The molecule has 1 rings (SSSR count). The van der Waals surface area contributed by atoms with Crippen LogP contribution in [-0.4, -0.2) is 0 Å². The van der Waals surface area contributed by atoms with Gasteiger partial charge in [0, 0.05) is 5.02 Å². The minimum absolute atomic E-state index is 0.725. The predicted octanol–water partition coefficient (Wildman–Crippen LogP) is 2.90. The van der Waals surface area contributed by atoms with E-state index in [2.05, 4.69) is 0 Å². The summed E-state index contributed by atoms with van der Waals surface area (Å²) >= 11 is 5.65. The van der Waals surface area contributed by atoms with E-state index in [4.69, 9.17) is 16.3 Å². The largest absolute Gasteiger partial charge is 0.487 e. The van der Waals surface area contributed by atoms with Gasteiger partial charge in [0.1, 0.15) is 12.4 Å². The number of benzene rings is 1. The van der Waals surface area contributed by atoms with Crippen LogP contribution >= 0.6 is 11.6 Å². The Labute approximate surface area is 65.6 Å². The van der Waals surface area contributed by atoms with E-state index >= 15 is 0 Å². The molecule has 0 aliphatic rings. The maximum absolute atomic E-state index is 5.65. The molecule has 0 bridgehead atoms. The summed E-state index contributed by atoms with van der Waals surface area (Å²) < 4.78 is 5.08. The minimum Gasteiger partial charge on any atom is -0.487 e. The maximum Gasteiger partial charge on any atom is 0.132 e. The third kappa shape index (κ3) is 1.92. The Balaban J connectivity index is 2.69. The van der Waals surface area contributed by atoms with Crippen LogP contribution < -0.4 is 4.74 Å². The fourth-order valence-corrected chi connectivity index (χ4v) is 0.775. The molecule has 53 valence electrons. The summed E-state index contributed by atoms with van der Waals surface area (Å²) in [6, 6.07) is 7.23. The molecule has 0 saturated carbocycles. The molecule has 1 aromatic carbocycles. The van der Waals surface area contributed by atoms with Crippen LogP contribution in [0, 0.1) is 6.61 Å². The number of halogens is 1. The second-order valence-electron chi connectivity index (χ2n) is 1.81. The van der Waals surface area contributed by atoms with Crippen LogP contribution in [-0.2, 0) is 0 Å². The van der Waals surface area contributed by atoms with E-state index in [0.29, 0.717) is 0 Å². The van der Waals surface area contributed by atoms with Crippen molar-refractivity contribution in [2.24, 2.45) is 0 Å². The Morgan fingerprint density at radius 3 is 2.40 bits per heavy atom. The Hall–Kier alpha value is -0.690. The third-order valence-corrected chi connectivity index (χ3v) is 1.32. The van der Waals surface area contributed by atoms with Gasteiger partial charge >= 0.3 is 0 Å². The lowest BCUT2D eigenvalue weighted by Crippen LogP contribution is -1.83. The Morgan fingerprint density at radius 2 is 1.90 bits per heavy atom. The highest BCUT2D eigenvalue weighted by Gasteiger charge is 1.89. The molecule has 0 amide bonds. The van der Waals surface area contributed by atoms with Crippen molar-refractivity contribution in [3.63, 3.8) is 0 Å². The average Bonchev–Trinajstić information content (AvgIpc) is 1.95. The first kappa shape index (κ1) is 7.42. The molecule has 0 spiro atoms. The smallest absolute Gasteiger partial charge is 0.132 e. The van der Waals surface area contributed by atoms with E-state index in [0.717, 1.165) is 10.8 Å². The van der Waals surface area contributed by atoms with Crippen LogP contribution in [0.15, 0.2) is 24.3 Å². The van der Waals surface area contributed by atoms with Crippen molar-refractivity contribution in [2.45, 2.75) is 6.92 Å². The first-order valence-corrected chi connectivity index (χ1v) is 3.41. The van der Waals surface area contributed by atoms with Gasteiger partial charge in [0.2, 0.25) is 0 Å². The molecule has 0 fully saturated rings. The second-order valence-corrected chi connectivity index (χ2v) is 2.24. The summed E-state index contributed by atoms with van der Waals surface area (Å²) in [6.07, 6.45) is 0. The lowest BCUT2D eigenvalue weighted by molar-refractivity contribution is 0.416. The molecule has 0 saturated heterocycles. The van der Waals surface area contributed by atoms with Crippen LogP contribution in [0.25, 0.3) is 0 Å². The van der Waals surface area contributed by atoms with Crippen molar-refractivity contribution >= 4 is 11.6 Å². The highest BCUT2D eigenvalue weighted by Crippen LogP contribution is 2.15. The van der Waals surface area contributed by atoms with E-state index in [1.165, 1.54) is 0 Å². The van der Waals surface area contributed by atoms with Gasteiger partial charge in [-0.25, -0.2) is 0 Å². The van der Waals surface area contributed by atoms with Crippen molar-refractivity contribution in [2.75, 3.05) is 0 Å². The third-order valence-electron chi connectivity index (χ3n) is 1.07. The van der Waals surface area contributed by atoms with E-state index in [1.54, 1.807) is 18.7 Å². The lowest BCUT2D eigenvalue weighted by Gasteiger charge is -1.99. The lowest BCUT2D eigenvalue weighted by atomic mass is 10.3. The molecule has 10 heavy (non-hydrogen) atoms. The van der Waals surface area contributed by atoms with Gasteiger partial charge in [0.25, 0.3) is 0 Å². The summed E-state index contributed by atoms with van der Waals surface area (Å²) in [5, 5.41) is 0.725. The highest BCUT2D eigenvalue weighted by atomic mass is 35.5. The summed E-state index contributed by atoms with van der Waals surface area (Å²) in [5.41, 5.74) is 0. The van der Waals surface area contributed by atoms with Gasteiger partial charge in [-0.3, -0.25) is 0 Å². The standard InChI is InChI=1S/C8H8ClO/c1-2-10-8-5-3-7(9)4-6-8/h2-6H,1H3. The first-order valence-electron chi connectivity index (χ1n) is 3.03. The van der Waals surface area contributed by atoms with Crippen molar-refractivity contribution in [3.05, 3.63) is 35.9 Å². The number of hydrogen-bond donors (Lipinski definition) is 0. The first-order chi connectivity index (χ1) is 4.83. The van der Waals surface area contributed by atoms with E-state index in [-0.39, 0.29) is 0 Å². The monoisotopic (exact) mass is 155 g/mol. The quantitative estimate of drug-likeness (QED) is 0.638. The number of ether oxygens (including phenoxy) is 1. The normalized spacial score (nSPS) is 9.40. The fraction of sp³-hybridized carbons (Fsp3) is 0.125. The maximum atomic E-state index is 5.65. The zero-order valence-electron chi connectivity index (χ0n) is 5.67. The van der Waals surface area contributed by atoms with E-state index < -0.39 is 0 Å². The molecule has 0 atom stereocenters. The molecule has 0 heterocycles. The van der Waals surface area contributed by atoms with Crippen molar-refractivity contribution in [1.82, 2.24) is 0 Å². The number of rotatable bonds is 2. The molecular formula is C8H8ClO. The van der Waals surface area contributed by atoms with Gasteiger partial charge in [0.05, 0.1) is 0 Å². The zero-order valence-corrected chi connectivity index (χ0v) is 6.43. The molecule has 2 heteroatoms. The minimum atomic E-state index is 0.725.